The standard InChI is InChI=1S/C11H10N2O4.C4H9N/c12-9(15)8(5-14)13-10(16)6-3-1-2-4-7(6)11(13)17;1-2-4-5-3-1/h1-4,8,14H,5H2,(H2,12,15);5H,1-4H2. The molecule has 1 unspecified atom stereocenters. The van der Waals surface area contributed by atoms with Crippen molar-refractivity contribution >= 4 is 17.7 Å². The van der Waals surface area contributed by atoms with E-state index in [0.717, 1.165) is 0 Å². The molecule has 1 fully saturated rings. The Morgan fingerprint density at radius 2 is 1.68 bits per heavy atom. The number of hydrogen-bond acceptors (Lipinski definition) is 5. The fourth-order valence-electron chi connectivity index (χ4n) is 2.41. The third-order valence-electron chi connectivity index (χ3n) is 3.60. The minimum absolute atomic E-state index is 0.220. The summed E-state index contributed by atoms with van der Waals surface area (Å²) in [4.78, 5) is 35.6. The van der Waals surface area contributed by atoms with Crippen molar-refractivity contribution in [1.82, 2.24) is 10.2 Å². The van der Waals surface area contributed by atoms with Gasteiger partial charge in [-0.15, -0.1) is 0 Å². The van der Waals surface area contributed by atoms with Crippen LogP contribution in [0.25, 0.3) is 0 Å². The van der Waals surface area contributed by atoms with Gasteiger partial charge < -0.3 is 16.2 Å². The van der Waals surface area contributed by atoms with Crippen LogP contribution in [0.15, 0.2) is 24.3 Å². The molecule has 0 radical (unpaired) electrons. The van der Waals surface area contributed by atoms with Gasteiger partial charge in [-0.2, -0.15) is 0 Å². The van der Waals surface area contributed by atoms with Gasteiger partial charge in [0.05, 0.1) is 17.7 Å². The lowest BCUT2D eigenvalue weighted by Crippen LogP contribution is -2.49. The number of rotatable bonds is 3. The summed E-state index contributed by atoms with van der Waals surface area (Å²) >= 11 is 0. The Bertz CT molecular complexity index is 541. The second-order valence-electron chi connectivity index (χ2n) is 5.08. The number of benzene rings is 1. The van der Waals surface area contributed by atoms with E-state index in [0.29, 0.717) is 4.90 Å². The molecule has 1 atom stereocenters. The topological polar surface area (TPSA) is 113 Å². The van der Waals surface area contributed by atoms with E-state index in [1.807, 2.05) is 0 Å². The molecule has 3 amide bonds. The van der Waals surface area contributed by atoms with Gasteiger partial charge in [0, 0.05) is 0 Å². The molecule has 4 N–H and O–H groups in total. The Morgan fingerprint density at radius 3 is 2.00 bits per heavy atom. The predicted molar refractivity (Wildman–Crippen MR) is 79.1 cm³/mol. The summed E-state index contributed by atoms with van der Waals surface area (Å²) < 4.78 is 0. The van der Waals surface area contributed by atoms with Crippen LogP contribution in [-0.4, -0.2) is 53.5 Å². The van der Waals surface area contributed by atoms with Crippen LogP contribution in [-0.2, 0) is 4.79 Å². The number of imide groups is 1. The number of fused-ring (bicyclic) bond motifs is 1. The van der Waals surface area contributed by atoms with Gasteiger partial charge in [0.15, 0.2) is 0 Å². The molecule has 0 saturated carbocycles. The number of nitrogens with one attached hydrogen (secondary N) is 1. The van der Waals surface area contributed by atoms with Gasteiger partial charge in [0.1, 0.15) is 6.04 Å². The van der Waals surface area contributed by atoms with E-state index in [-0.39, 0.29) is 11.1 Å². The zero-order chi connectivity index (χ0) is 16.1. The van der Waals surface area contributed by atoms with E-state index in [1.54, 1.807) is 12.1 Å². The minimum atomic E-state index is -1.32. The highest BCUT2D eigenvalue weighted by Crippen LogP contribution is 2.24. The zero-order valence-corrected chi connectivity index (χ0v) is 12.1. The van der Waals surface area contributed by atoms with Crippen LogP contribution >= 0.6 is 0 Å². The Hall–Kier alpha value is -2.25. The monoisotopic (exact) mass is 305 g/mol. The summed E-state index contributed by atoms with van der Waals surface area (Å²) in [6, 6.07) is 4.90. The molecule has 0 aliphatic carbocycles. The number of primary amides is 1. The fourth-order valence-corrected chi connectivity index (χ4v) is 2.41. The van der Waals surface area contributed by atoms with Crippen molar-refractivity contribution < 1.29 is 19.5 Å². The van der Waals surface area contributed by atoms with E-state index in [2.05, 4.69) is 5.32 Å². The second kappa shape index (κ2) is 7.15. The quantitative estimate of drug-likeness (QED) is 0.652. The average Bonchev–Trinajstić information content (AvgIpc) is 3.16. The lowest BCUT2D eigenvalue weighted by atomic mass is 10.1. The number of carbonyl (C=O) groups is 3. The van der Waals surface area contributed by atoms with Crippen molar-refractivity contribution in [2.75, 3.05) is 19.7 Å². The van der Waals surface area contributed by atoms with Gasteiger partial charge in [-0.1, -0.05) is 12.1 Å². The summed E-state index contributed by atoms with van der Waals surface area (Å²) in [5, 5.41) is 12.2. The molecule has 2 aliphatic rings. The van der Waals surface area contributed by atoms with Crippen molar-refractivity contribution in [2.24, 2.45) is 5.73 Å². The van der Waals surface area contributed by atoms with Crippen molar-refractivity contribution in [2.45, 2.75) is 18.9 Å². The highest BCUT2D eigenvalue weighted by atomic mass is 16.3. The van der Waals surface area contributed by atoms with Crippen LogP contribution in [0.3, 0.4) is 0 Å². The van der Waals surface area contributed by atoms with E-state index >= 15 is 0 Å². The zero-order valence-electron chi connectivity index (χ0n) is 12.1. The third-order valence-corrected chi connectivity index (χ3v) is 3.60. The SMILES string of the molecule is C1CCNC1.NC(=O)C(CO)N1C(=O)c2ccccc2C1=O. The van der Waals surface area contributed by atoms with Crippen LogP contribution in [0, 0.1) is 0 Å². The largest absolute Gasteiger partial charge is 0.394 e. The average molecular weight is 305 g/mol. The fraction of sp³-hybridized carbons (Fsp3) is 0.400. The molecule has 0 aromatic heterocycles. The minimum Gasteiger partial charge on any atom is -0.394 e. The molecule has 0 bridgehead atoms. The van der Waals surface area contributed by atoms with Gasteiger partial charge >= 0.3 is 0 Å². The molecule has 1 aromatic carbocycles. The van der Waals surface area contributed by atoms with Gasteiger partial charge in [0.2, 0.25) is 5.91 Å². The number of aliphatic hydroxyl groups is 1. The van der Waals surface area contributed by atoms with Crippen LogP contribution in [0.4, 0.5) is 0 Å². The highest BCUT2D eigenvalue weighted by molar-refractivity contribution is 6.22. The lowest BCUT2D eigenvalue weighted by molar-refractivity contribution is -0.122. The molecule has 1 aromatic rings. The predicted octanol–water partition coefficient (Wildman–Crippen LogP) is -0.501. The summed E-state index contributed by atoms with van der Waals surface area (Å²) in [5.41, 5.74) is 5.48. The van der Waals surface area contributed by atoms with E-state index in [9.17, 15) is 14.4 Å². The molecule has 22 heavy (non-hydrogen) atoms. The first-order chi connectivity index (χ1) is 10.6. The van der Waals surface area contributed by atoms with E-state index in [4.69, 9.17) is 10.8 Å². The first kappa shape index (κ1) is 16.1. The van der Waals surface area contributed by atoms with E-state index in [1.165, 1.54) is 38.1 Å². The molecule has 0 spiro atoms. The second-order valence-corrected chi connectivity index (χ2v) is 5.08. The maximum atomic E-state index is 11.9. The van der Waals surface area contributed by atoms with Crippen molar-refractivity contribution in [3.05, 3.63) is 35.4 Å². The summed E-state index contributed by atoms with van der Waals surface area (Å²) in [5.74, 6) is -2.13. The van der Waals surface area contributed by atoms with Crippen LogP contribution in [0.5, 0.6) is 0 Å². The maximum absolute atomic E-state index is 11.9. The summed E-state index contributed by atoms with van der Waals surface area (Å²) in [6.45, 7) is 1.82. The van der Waals surface area contributed by atoms with Gasteiger partial charge in [0.25, 0.3) is 11.8 Å². The van der Waals surface area contributed by atoms with Gasteiger partial charge in [-0.05, 0) is 38.1 Å². The highest BCUT2D eigenvalue weighted by Gasteiger charge is 2.41. The number of carbonyl (C=O) groups excluding carboxylic acids is 3. The first-order valence-corrected chi connectivity index (χ1v) is 7.15. The van der Waals surface area contributed by atoms with Crippen LogP contribution in [0.1, 0.15) is 33.6 Å². The number of nitrogens with two attached hydrogens (primary N) is 1. The van der Waals surface area contributed by atoms with E-state index < -0.39 is 30.4 Å². The summed E-state index contributed by atoms with van der Waals surface area (Å²) in [6.07, 6.45) is 2.78. The maximum Gasteiger partial charge on any atom is 0.262 e. The van der Waals surface area contributed by atoms with Crippen LogP contribution < -0.4 is 11.1 Å². The Labute approximate surface area is 128 Å². The number of hydrogen-bond donors (Lipinski definition) is 3. The lowest BCUT2D eigenvalue weighted by Gasteiger charge is -2.20. The van der Waals surface area contributed by atoms with Crippen molar-refractivity contribution in [1.29, 1.82) is 0 Å². The van der Waals surface area contributed by atoms with Crippen LogP contribution in [0.2, 0.25) is 0 Å². The summed E-state index contributed by atoms with van der Waals surface area (Å²) in [7, 11) is 0. The smallest absolute Gasteiger partial charge is 0.262 e. The molecule has 1 saturated heterocycles. The molecule has 118 valence electrons. The van der Waals surface area contributed by atoms with Crippen molar-refractivity contribution in [3.8, 4) is 0 Å². The molecular formula is C15H19N3O4. The van der Waals surface area contributed by atoms with Gasteiger partial charge in [-0.25, -0.2) is 0 Å². The Morgan fingerprint density at radius 1 is 1.18 bits per heavy atom. The Kier molecular flexibility index (Phi) is 5.24. The van der Waals surface area contributed by atoms with Crippen molar-refractivity contribution in [3.63, 3.8) is 0 Å². The molecule has 7 heteroatoms. The molecule has 3 rings (SSSR count). The molecule has 7 nitrogen and oxygen atoms in total. The molecular weight excluding hydrogens is 286 g/mol. The number of amides is 3. The Balaban J connectivity index is 0.000000299. The number of nitrogens with zero attached hydrogens (tertiary/aromatic N) is 1. The molecule has 2 heterocycles. The normalized spacial score (nSPS) is 17.8. The molecule has 2 aliphatic heterocycles. The number of aliphatic hydroxyl groups excluding tert-OH is 1. The first-order valence-electron chi connectivity index (χ1n) is 7.15. The third kappa shape index (κ3) is 3.15. The van der Waals surface area contributed by atoms with Gasteiger partial charge in [-0.3, -0.25) is 19.3 Å².